The zero-order chi connectivity index (χ0) is 29.2. The van der Waals surface area contributed by atoms with E-state index in [0.717, 1.165) is 51.4 Å². The Morgan fingerprint density at radius 2 is 1.36 bits per heavy atom. The lowest BCUT2D eigenvalue weighted by Gasteiger charge is -2.27. The summed E-state index contributed by atoms with van der Waals surface area (Å²) in [6.45, 7) is 1.76. The van der Waals surface area contributed by atoms with Gasteiger partial charge >= 0.3 is 5.97 Å². The first-order valence-electron chi connectivity index (χ1n) is 14.0. The van der Waals surface area contributed by atoms with Gasteiger partial charge in [0.15, 0.2) is 0 Å². The molecule has 0 aromatic rings. The Hall–Kier alpha value is -1.80. The average Bonchev–Trinajstić information content (AvgIpc) is 2.86. The van der Waals surface area contributed by atoms with E-state index in [0.29, 0.717) is 17.4 Å². The van der Waals surface area contributed by atoms with Gasteiger partial charge in [-0.3, -0.25) is 9.36 Å². The lowest BCUT2D eigenvalue weighted by atomic mass is 10.1. The second kappa shape index (κ2) is 24.0. The minimum Gasteiger partial charge on any atom is -0.756 e. The lowest BCUT2D eigenvalue weighted by Crippen LogP contribution is -2.37. The first-order chi connectivity index (χ1) is 18.6. The van der Waals surface area contributed by atoms with Crippen LogP contribution < -0.4 is 4.89 Å². The Morgan fingerprint density at radius 3 is 1.90 bits per heavy atom. The van der Waals surface area contributed by atoms with Crippen LogP contribution in [0.4, 0.5) is 0 Å². The van der Waals surface area contributed by atoms with Crippen LogP contribution in [-0.4, -0.2) is 69.2 Å². The summed E-state index contributed by atoms with van der Waals surface area (Å²) < 4.78 is 26.7. The van der Waals surface area contributed by atoms with E-state index in [2.05, 4.69) is 72.2 Å². The molecule has 0 aliphatic carbocycles. The molecule has 0 aromatic carbocycles. The maximum Gasteiger partial charge on any atom is 0.305 e. The summed E-state index contributed by atoms with van der Waals surface area (Å²) in [5.74, 6) is -0.423. The van der Waals surface area contributed by atoms with Gasteiger partial charge in [0.2, 0.25) is 0 Å². The highest BCUT2D eigenvalue weighted by Crippen LogP contribution is 2.38. The van der Waals surface area contributed by atoms with E-state index in [-0.39, 0.29) is 19.6 Å². The molecule has 0 spiro atoms. The number of rotatable bonds is 24. The molecule has 0 aliphatic heterocycles. The van der Waals surface area contributed by atoms with Crippen molar-refractivity contribution in [3.05, 3.63) is 60.8 Å². The molecule has 0 radical (unpaired) electrons. The van der Waals surface area contributed by atoms with Gasteiger partial charge in [-0.25, -0.2) is 0 Å². The van der Waals surface area contributed by atoms with Gasteiger partial charge in [0.05, 0.1) is 27.7 Å². The molecular weight excluding hydrogens is 517 g/mol. The monoisotopic (exact) mass is 569 g/mol. The highest BCUT2D eigenvalue weighted by molar-refractivity contribution is 7.45. The SMILES string of the molecule is CC/C=C\C/C=C\C/C=C\C/C=C\C/C=C\CCCCCC(=O)OC[C@@H](O)COP(=O)([O-])OCC[N+](C)(C)C. The zero-order valence-corrected chi connectivity index (χ0v) is 25.4. The molecule has 0 aromatic heterocycles. The van der Waals surface area contributed by atoms with Gasteiger partial charge in [-0.15, -0.1) is 0 Å². The minimum atomic E-state index is -4.51. The maximum absolute atomic E-state index is 11.8. The maximum atomic E-state index is 11.8. The topological polar surface area (TPSA) is 105 Å². The number of nitrogens with zero attached hydrogens (tertiary/aromatic N) is 1. The summed E-state index contributed by atoms with van der Waals surface area (Å²) in [7, 11) is 1.22. The van der Waals surface area contributed by atoms with E-state index in [1.807, 2.05) is 21.1 Å². The number of phosphoric ester groups is 1. The van der Waals surface area contributed by atoms with Crippen LogP contribution in [0.2, 0.25) is 0 Å². The number of aliphatic hydroxyl groups is 1. The first-order valence-corrected chi connectivity index (χ1v) is 15.5. The van der Waals surface area contributed by atoms with Crippen molar-refractivity contribution in [3.8, 4) is 0 Å². The smallest absolute Gasteiger partial charge is 0.305 e. The van der Waals surface area contributed by atoms with E-state index in [1.165, 1.54) is 0 Å². The fourth-order valence-electron chi connectivity index (χ4n) is 3.03. The van der Waals surface area contributed by atoms with Crippen LogP contribution in [-0.2, 0) is 23.1 Å². The third-order valence-corrected chi connectivity index (χ3v) is 6.25. The predicted octanol–water partition coefficient (Wildman–Crippen LogP) is 5.80. The van der Waals surface area contributed by atoms with Gasteiger partial charge in [0.1, 0.15) is 25.9 Å². The fourth-order valence-corrected chi connectivity index (χ4v) is 3.76. The highest BCUT2D eigenvalue weighted by Gasteiger charge is 2.16. The normalized spacial score (nSPS) is 15.3. The van der Waals surface area contributed by atoms with Crippen LogP contribution in [0.5, 0.6) is 0 Å². The molecule has 0 fully saturated rings. The number of unbranched alkanes of at least 4 members (excludes halogenated alkanes) is 3. The van der Waals surface area contributed by atoms with E-state index in [4.69, 9.17) is 9.26 Å². The van der Waals surface area contributed by atoms with Gasteiger partial charge < -0.3 is 28.3 Å². The molecule has 8 nitrogen and oxygen atoms in total. The molecule has 9 heteroatoms. The first kappa shape index (κ1) is 37.2. The summed E-state index contributed by atoms with van der Waals surface area (Å²) in [6.07, 6.45) is 29.3. The van der Waals surface area contributed by atoms with Crippen molar-refractivity contribution in [1.82, 2.24) is 0 Å². The molecule has 1 N–H and O–H groups in total. The highest BCUT2D eigenvalue weighted by atomic mass is 31.2. The van der Waals surface area contributed by atoms with E-state index >= 15 is 0 Å². The quantitative estimate of drug-likeness (QED) is 0.0515. The van der Waals surface area contributed by atoms with Gasteiger partial charge in [-0.1, -0.05) is 74.1 Å². The number of aliphatic hydroxyl groups excluding tert-OH is 1. The molecule has 0 saturated heterocycles. The molecule has 1 unspecified atom stereocenters. The Kier molecular flexibility index (Phi) is 22.9. The number of hydrogen-bond acceptors (Lipinski definition) is 7. The van der Waals surface area contributed by atoms with Crippen LogP contribution >= 0.6 is 7.82 Å². The van der Waals surface area contributed by atoms with Crippen molar-refractivity contribution in [2.45, 2.75) is 77.2 Å². The fraction of sp³-hybridized carbons (Fsp3) is 0.633. The van der Waals surface area contributed by atoms with Crippen molar-refractivity contribution in [2.75, 3.05) is 47.5 Å². The minimum absolute atomic E-state index is 0.0174. The number of carbonyl (C=O) groups excluding carboxylic acids is 1. The third kappa shape index (κ3) is 29.0. The number of ether oxygens (including phenoxy) is 1. The van der Waals surface area contributed by atoms with Crippen molar-refractivity contribution < 1.29 is 37.6 Å². The lowest BCUT2D eigenvalue weighted by molar-refractivity contribution is -0.870. The second-order valence-electron chi connectivity index (χ2n) is 10.2. The van der Waals surface area contributed by atoms with Crippen molar-refractivity contribution in [3.63, 3.8) is 0 Å². The van der Waals surface area contributed by atoms with E-state index in [1.54, 1.807) is 0 Å². The van der Waals surface area contributed by atoms with Crippen molar-refractivity contribution in [2.24, 2.45) is 0 Å². The molecule has 0 rings (SSSR count). The number of hydrogen-bond donors (Lipinski definition) is 1. The van der Waals surface area contributed by atoms with Crippen LogP contribution in [0.15, 0.2) is 60.8 Å². The van der Waals surface area contributed by atoms with Crippen LogP contribution in [0.1, 0.15) is 71.1 Å². The van der Waals surface area contributed by atoms with Crippen LogP contribution in [0, 0.1) is 0 Å². The average molecular weight is 570 g/mol. The molecule has 0 aliphatic rings. The summed E-state index contributed by atoms with van der Waals surface area (Å²) >= 11 is 0. The molecule has 2 atom stereocenters. The van der Waals surface area contributed by atoms with E-state index in [9.17, 15) is 19.4 Å². The Balaban J connectivity index is 3.71. The number of carbonyl (C=O) groups is 1. The molecular formula is C30H52NO7P. The second-order valence-corrected chi connectivity index (χ2v) is 11.6. The van der Waals surface area contributed by atoms with Crippen LogP contribution in [0.25, 0.3) is 0 Å². The standard InChI is InChI=1S/C30H52NO7P/c1-5-6-7-8-9-10-11-12-13-14-15-16-17-18-19-20-21-22-23-24-30(33)36-27-29(32)28-38-39(34,35)37-26-25-31(2,3)4/h6-7,9-10,12-13,15-16,18-19,29,32H,5,8,11,14,17,20-28H2,1-4H3/b7-6-,10-9-,13-12-,16-15-,19-18-/t29-/m1/s1. The Bertz CT molecular complexity index is 813. The summed E-state index contributed by atoms with van der Waals surface area (Å²) in [4.78, 5) is 23.5. The van der Waals surface area contributed by atoms with Gasteiger partial charge in [0, 0.05) is 6.42 Å². The number of esters is 1. The Morgan fingerprint density at radius 1 is 0.821 bits per heavy atom. The molecule has 0 saturated carbocycles. The van der Waals surface area contributed by atoms with Crippen LogP contribution in [0.3, 0.4) is 0 Å². The third-order valence-electron chi connectivity index (χ3n) is 5.28. The number of phosphoric acid groups is 1. The summed E-state index contributed by atoms with van der Waals surface area (Å²) in [5, 5.41) is 9.81. The van der Waals surface area contributed by atoms with Crippen molar-refractivity contribution >= 4 is 13.8 Å². The van der Waals surface area contributed by atoms with Gasteiger partial charge in [-0.05, 0) is 51.4 Å². The zero-order valence-electron chi connectivity index (χ0n) is 24.5. The molecule has 0 heterocycles. The molecule has 0 amide bonds. The van der Waals surface area contributed by atoms with E-state index < -0.39 is 26.5 Å². The largest absolute Gasteiger partial charge is 0.756 e. The number of quaternary nitrogens is 1. The van der Waals surface area contributed by atoms with Crippen molar-refractivity contribution in [1.29, 1.82) is 0 Å². The summed E-state index contributed by atoms with van der Waals surface area (Å²) in [5.41, 5.74) is 0. The van der Waals surface area contributed by atoms with Gasteiger partial charge in [-0.2, -0.15) is 0 Å². The molecule has 224 valence electrons. The van der Waals surface area contributed by atoms with Gasteiger partial charge in [0.25, 0.3) is 7.82 Å². The Labute approximate surface area is 236 Å². The molecule has 39 heavy (non-hydrogen) atoms. The molecule has 0 bridgehead atoms. The number of likely N-dealkylation sites (N-methyl/N-ethyl adjacent to an activating group) is 1. The predicted molar refractivity (Wildman–Crippen MR) is 157 cm³/mol. The number of allylic oxidation sites excluding steroid dienone is 10. The summed E-state index contributed by atoms with van der Waals surface area (Å²) in [6, 6.07) is 0.